The van der Waals surface area contributed by atoms with Crippen LogP contribution in [0.5, 0.6) is 11.6 Å². The molecule has 0 bridgehead atoms. The van der Waals surface area contributed by atoms with Crippen LogP contribution in [0, 0.1) is 12.7 Å². The number of hydrogen-bond donors (Lipinski definition) is 2. The quantitative estimate of drug-likeness (QED) is 0.451. The number of nitrogens with zero attached hydrogens (tertiary/aromatic N) is 3. The van der Waals surface area contributed by atoms with Gasteiger partial charge in [-0.25, -0.2) is 14.4 Å². The number of rotatable bonds is 6. The molecule has 0 atom stereocenters. The molecule has 0 radical (unpaired) electrons. The first kappa shape index (κ1) is 19.1. The maximum atomic E-state index is 13.4. The second-order valence-corrected chi connectivity index (χ2v) is 6.50. The monoisotopic (exact) mass is 403 g/mol. The van der Waals surface area contributed by atoms with Crippen LogP contribution in [0.4, 0.5) is 21.6 Å². The molecule has 0 aliphatic carbocycles. The van der Waals surface area contributed by atoms with Gasteiger partial charge in [0.25, 0.3) is 0 Å². The Bertz CT molecular complexity index is 1250. The van der Waals surface area contributed by atoms with Gasteiger partial charge in [0.15, 0.2) is 5.82 Å². The molecule has 30 heavy (non-hydrogen) atoms. The minimum Gasteiger partial charge on any atom is -0.439 e. The van der Waals surface area contributed by atoms with E-state index in [9.17, 15) is 9.18 Å². The fourth-order valence-electron chi connectivity index (χ4n) is 2.91. The summed E-state index contributed by atoms with van der Waals surface area (Å²) in [5.74, 6) is 0.912. The average Bonchev–Trinajstić information content (AvgIpc) is 3.22. The lowest BCUT2D eigenvalue weighted by Gasteiger charge is -2.13. The van der Waals surface area contributed by atoms with Gasteiger partial charge < -0.3 is 15.4 Å². The van der Waals surface area contributed by atoms with Crippen LogP contribution < -0.4 is 15.4 Å². The van der Waals surface area contributed by atoms with E-state index in [4.69, 9.17) is 4.74 Å². The van der Waals surface area contributed by atoms with Gasteiger partial charge in [0.2, 0.25) is 11.8 Å². The summed E-state index contributed by atoms with van der Waals surface area (Å²) in [6, 6.07) is 11.5. The lowest BCUT2D eigenvalue weighted by atomic mass is 10.2. The molecule has 150 valence electrons. The maximum absolute atomic E-state index is 13.4. The number of amides is 1. The minimum absolute atomic E-state index is 0.296. The van der Waals surface area contributed by atoms with E-state index in [2.05, 4.69) is 27.2 Å². The Morgan fingerprint density at radius 2 is 2.10 bits per heavy atom. The predicted molar refractivity (Wildman–Crippen MR) is 113 cm³/mol. The van der Waals surface area contributed by atoms with E-state index in [1.54, 1.807) is 53.5 Å². The number of anilines is 3. The number of nitrogens with one attached hydrogen (secondary N) is 2. The second kappa shape index (κ2) is 8.04. The summed E-state index contributed by atoms with van der Waals surface area (Å²) < 4.78 is 21.1. The topological polar surface area (TPSA) is 80.5 Å². The number of carbonyl (C=O) groups excluding carboxylic acids is 1. The molecule has 2 N–H and O–H groups in total. The zero-order valence-corrected chi connectivity index (χ0v) is 16.1. The van der Waals surface area contributed by atoms with Crippen molar-refractivity contribution in [1.82, 2.24) is 14.4 Å². The van der Waals surface area contributed by atoms with Crippen molar-refractivity contribution in [3.63, 3.8) is 0 Å². The fraction of sp³-hybridized carbons (Fsp3) is 0.0455. The number of benzene rings is 2. The van der Waals surface area contributed by atoms with Crippen LogP contribution in [-0.2, 0) is 4.79 Å². The number of ether oxygens (including phenoxy) is 1. The Morgan fingerprint density at radius 3 is 2.90 bits per heavy atom. The molecule has 7 nitrogen and oxygen atoms in total. The van der Waals surface area contributed by atoms with Crippen molar-refractivity contribution in [2.75, 3.05) is 10.6 Å². The van der Waals surface area contributed by atoms with E-state index < -0.39 is 0 Å². The highest BCUT2D eigenvalue weighted by Gasteiger charge is 2.11. The number of aromatic nitrogens is 3. The third-order valence-corrected chi connectivity index (χ3v) is 4.37. The van der Waals surface area contributed by atoms with Gasteiger partial charge in [0.05, 0.1) is 12.4 Å². The van der Waals surface area contributed by atoms with Crippen LogP contribution in [0.15, 0.2) is 73.8 Å². The van der Waals surface area contributed by atoms with Crippen molar-refractivity contribution >= 4 is 28.6 Å². The van der Waals surface area contributed by atoms with E-state index in [0.717, 1.165) is 11.3 Å². The molecule has 4 aromatic rings. The van der Waals surface area contributed by atoms with Crippen molar-refractivity contribution in [3.05, 3.63) is 85.2 Å². The van der Waals surface area contributed by atoms with Crippen LogP contribution in [0.1, 0.15) is 5.56 Å². The average molecular weight is 403 g/mol. The maximum Gasteiger partial charge on any atom is 0.247 e. The van der Waals surface area contributed by atoms with Gasteiger partial charge in [0, 0.05) is 17.4 Å². The summed E-state index contributed by atoms with van der Waals surface area (Å²) in [5, 5.41) is 5.89. The summed E-state index contributed by atoms with van der Waals surface area (Å²) in [6.07, 6.45) is 6.02. The van der Waals surface area contributed by atoms with Crippen LogP contribution in [0.25, 0.3) is 5.52 Å². The molecule has 0 saturated heterocycles. The normalized spacial score (nSPS) is 10.6. The first-order chi connectivity index (χ1) is 14.5. The number of imidazole rings is 1. The Hall–Kier alpha value is -4.20. The molecule has 2 aromatic carbocycles. The van der Waals surface area contributed by atoms with Gasteiger partial charge in [-0.15, -0.1) is 0 Å². The highest BCUT2D eigenvalue weighted by Crippen LogP contribution is 2.29. The molecule has 0 aliphatic rings. The molecule has 8 heteroatoms. The van der Waals surface area contributed by atoms with Crippen LogP contribution in [-0.4, -0.2) is 20.3 Å². The minimum atomic E-state index is -0.308. The first-order valence-electron chi connectivity index (χ1n) is 9.09. The third-order valence-electron chi connectivity index (χ3n) is 4.37. The van der Waals surface area contributed by atoms with E-state index in [-0.39, 0.29) is 11.7 Å². The summed E-state index contributed by atoms with van der Waals surface area (Å²) in [7, 11) is 0. The van der Waals surface area contributed by atoms with Crippen molar-refractivity contribution in [1.29, 1.82) is 0 Å². The van der Waals surface area contributed by atoms with E-state index in [1.165, 1.54) is 18.2 Å². The van der Waals surface area contributed by atoms with E-state index in [1.807, 2.05) is 6.92 Å². The highest BCUT2D eigenvalue weighted by atomic mass is 19.1. The SMILES string of the molecule is C=CC(=O)Nc1cccc(Oc2cnc(Nc3ccc(F)cc3C)c3cncn23)c1. The van der Waals surface area contributed by atoms with Crippen LogP contribution in [0.3, 0.4) is 0 Å². The molecule has 0 saturated carbocycles. The Labute approximate surface area is 171 Å². The molecule has 4 rings (SSSR count). The van der Waals surface area contributed by atoms with Crippen LogP contribution >= 0.6 is 0 Å². The van der Waals surface area contributed by atoms with Crippen molar-refractivity contribution in [2.24, 2.45) is 0 Å². The largest absolute Gasteiger partial charge is 0.439 e. The number of hydrogen-bond acceptors (Lipinski definition) is 5. The van der Waals surface area contributed by atoms with Gasteiger partial charge in [-0.3, -0.25) is 9.20 Å². The molecule has 1 amide bonds. The Morgan fingerprint density at radius 1 is 1.23 bits per heavy atom. The first-order valence-corrected chi connectivity index (χ1v) is 9.09. The summed E-state index contributed by atoms with van der Waals surface area (Å²) >= 11 is 0. The highest BCUT2D eigenvalue weighted by molar-refractivity contribution is 5.98. The summed E-state index contributed by atoms with van der Waals surface area (Å²) in [6.45, 7) is 5.25. The number of halogens is 1. The Balaban J connectivity index is 1.62. The smallest absolute Gasteiger partial charge is 0.247 e. The van der Waals surface area contributed by atoms with Crippen molar-refractivity contribution < 1.29 is 13.9 Å². The summed E-state index contributed by atoms with van der Waals surface area (Å²) in [4.78, 5) is 20.1. The van der Waals surface area contributed by atoms with Gasteiger partial charge in [-0.1, -0.05) is 12.6 Å². The molecule has 0 unspecified atom stereocenters. The van der Waals surface area contributed by atoms with Crippen molar-refractivity contribution in [2.45, 2.75) is 6.92 Å². The van der Waals surface area contributed by atoms with Crippen LogP contribution in [0.2, 0.25) is 0 Å². The fourth-order valence-corrected chi connectivity index (χ4v) is 2.91. The van der Waals surface area contributed by atoms with Gasteiger partial charge in [-0.2, -0.15) is 0 Å². The number of aryl methyl sites for hydroxylation is 1. The molecular formula is C22H18FN5O2. The molecule has 0 spiro atoms. The van der Waals surface area contributed by atoms with E-state index in [0.29, 0.717) is 28.7 Å². The zero-order chi connectivity index (χ0) is 21.1. The number of carbonyl (C=O) groups is 1. The zero-order valence-electron chi connectivity index (χ0n) is 16.1. The third kappa shape index (κ3) is 3.97. The molecule has 0 aliphatic heterocycles. The van der Waals surface area contributed by atoms with Crippen molar-refractivity contribution in [3.8, 4) is 11.6 Å². The molecule has 2 aromatic heterocycles. The predicted octanol–water partition coefficient (Wildman–Crippen LogP) is 4.84. The van der Waals surface area contributed by atoms with E-state index >= 15 is 0 Å². The van der Waals surface area contributed by atoms with Gasteiger partial charge in [-0.05, 0) is 48.9 Å². The Kier molecular flexibility index (Phi) is 5.13. The molecule has 0 fully saturated rings. The van der Waals surface area contributed by atoms with Gasteiger partial charge >= 0.3 is 0 Å². The molecular weight excluding hydrogens is 385 g/mol. The summed E-state index contributed by atoms with van der Waals surface area (Å²) in [5.41, 5.74) is 2.77. The second-order valence-electron chi connectivity index (χ2n) is 6.50. The van der Waals surface area contributed by atoms with Gasteiger partial charge in [0.1, 0.15) is 23.4 Å². The molecule has 2 heterocycles. The number of fused-ring (bicyclic) bond motifs is 1. The lowest BCUT2D eigenvalue weighted by molar-refractivity contribution is -0.111. The lowest BCUT2D eigenvalue weighted by Crippen LogP contribution is -2.07. The standard InChI is InChI=1S/C22H18FN5O2/c1-3-20(29)26-16-5-4-6-17(10-16)30-21-12-25-22(19-11-24-13-28(19)21)27-18-8-7-15(23)9-14(18)2/h3-13H,1H2,2H3,(H,25,27)(H,26,29).